The lowest BCUT2D eigenvalue weighted by Crippen LogP contribution is -2.52. The molecule has 4 amide bonds. The summed E-state index contributed by atoms with van der Waals surface area (Å²) < 4.78 is 5.68. The number of urea groups is 1. The molecule has 162 valence electrons. The van der Waals surface area contributed by atoms with Gasteiger partial charge in [0.2, 0.25) is 5.91 Å². The predicted molar refractivity (Wildman–Crippen MR) is 117 cm³/mol. The van der Waals surface area contributed by atoms with Gasteiger partial charge in [0.05, 0.1) is 0 Å². The highest BCUT2D eigenvalue weighted by Gasteiger charge is 2.24. The third-order valence-electron chi connectivity index (χ3n) is 5.52. The van der Waals surface area contributed by atoms with E-state index in [1.54, 1.807) is 21.9 Å². The molecule has 8 nitrogen and oxygen atoms in total. The van der Waals surface area contributed by atoms with Gasteiger partial charge in [0.1, 0.15) is 5.75 Å². The Labute approximate surface area is 181 Å². The van der Waals surface area contributed by atoms with E-state index in [1.165, 1.54) is 0 Å². The highest BCUT2D eigenvalue weighted by Crippen LogP contribution is 2.26. The molecule has 1 saturated heterocycles. The minimum atomic E-state index is -0.157. The van der Waals surface area contributed by atoms with Gasteiger partial charge >= 0.3 is 6.03 Å². The minimum absolute atomic E-state index is 0.0167. The van der Waals surface area contributed by atoms with Crippen LogP contribution in [0.25, 0.3) is 0 Å². The Hall–Kier alpha value is -3.55. The maximum Gasteiger partial charge on any atom is 0.321 e. The summed E-state index contributed by atoms with van der Waals surface area (Å²) >= 11 is 0. The van der Waals surface area contributed by atoms with Crippen molar-refractivity contribution >= 4 is 29.2 Å². The second-order valence-electron chi connectivity index (χ2n) is 7.82. The molecule has 0 aliphatic carbocycles. The van der Waals surface area contributed by atoms with Gasteiger partial charge in [-0.3, -0.25) is 9.59 Å². The molecule has 1 fully saturated rings. The molecule has 8 heteroatoms. The molecule has 0 radical (unpaired) electrons. The van der Waals surface area contributed by atoms with Crippen molar-refractivity contribution in [2.24, 2.45) is 0 Å². The summed E-state index contributed by atoms with van der Waals surface area (Å²) in [5.74, 6) is 0.521. The minimum Gasteiger partial charge on any atom is -0.484 e. The quantitative estimate of drug-likeness (QED) is 0.793. The first-order valence-electron chi connectivity index (χ1n) is 10.4. The van der Waals surface area contributed by atoms with Crippen LogP contribution in [0, 0.1) is 6.92 Å². The number of carbonyl (C=O) groups excluding carboxylic acids is 3. The summed E-state index contributed by atoms with van der Waals surface area (Å²) in [6.45, 7) is 3.81. The van der Waals surface area contributed by atoms with Gasteiger partial charge in [0.15, 0.2) is 6.61 Å². The van der Waals surface area contributed by atoms with Gasteiger partial charge in [0.25, 0.3) is 5.91 Å². The zero-order valence-electron chi connectivity index (χ0n) is 17.5. The second-order valence-corrected chi connectivity index (χ2v) is 7.82. The zero-order valence-corrected chi connectivity index (χ0v) is 17.5. The molecule has 0 aromatic heterocycles. The van der Waals surface area contributed by atoms with Crippen LogP contribution >= 0.6 is 0 Å². The largest absolute Gasteiger partial charge is 0.484 e. The van der Waals surface area contributed by atoms with E-state index < -0.39 is 0 Å². The molecule has 0 atom stereocenters. The molecule has 0 saturated carbocycles. The van der Waals surface area contributed by atoms with Crippen molar-refractivity contribution in [2.45, 2.75) is 19.8 Å². The van der Waals surface area contributed by atoms with Crippen LogP contribution in [0.4, 0.5) is 16.2 Å². The van der Waals surface area contributed by atoms with E-state index in [4.69, 9.17) is 4.74 Å². The molecule has 31 heavy (non-hydrogen) atoms. The van der Waals surface area contributed by atoms with Crippen LogP contribution in [-0.4, -0.2) is 60.4 Å². The number of hydrogen-bond acceptors (Lipinski definition) is 4. The molecule has 2 aliphatic heterocycles. The molecule has 0 bridgehead atoms. The SMILES string of the molecule is Cc1cccc(NC(=O)N2CCN(C(=O)COc3ccc4c(c3)CCC(=O)N4)CC2)c1. The number of amides is 4. The van der Waals surface area contributed by atoms with Crippen molar-refractivity contribution in [2.75, 3.05) is 43.4 Å². The summed E-state index contributed by atoms with van der Waals surface area (Å²) in [4.78, 5) is 39.9. The smallest absolute Gasteiger partial charge is 0.321 e. The first kappa shape index (κ1) is 20.7. The number of nitrogens with one attached hydrogen (secondary N) is 2. The van der Waals surface area contributed by atoms with Crippen LogP contribution in [0.15, 0.2) is 42.5 Å². The number of hydrogen-bond donors (Lipinski definition) is 2. The Balaban J connectivity index is 1.24. The highest BCUT2D eigenvalue weighted by atomic mass is 16.5. The normalized spacial score (nSPS) is 15.7. The number of anilines is 2. The second kappa shape index (κ2) is 9.07. The Morgan fingerprint density at radius 2 is 1.81 bits per heavy atom. The number of ether oxygens (including phenoxy) is 1. The Morgan fingerprint density at radius 1 is 1.03 bits per heavy atom. The first-order chi connectivity index (χ1) is 15.0. The van der Waals surface area contributed by atoms with Crippen LogP contribution < -0.4 is 15.4 Å². The van der Waals surface area contributed by atoms with E-state index in [0.717, 1.165) is 22.5 Å². The van der Waals surface area contributed by atoms with Crippen molar-refractivity contribution in [1.29, 1.82) is 0 Å². The lowest BCUT2D eigenvalue weighted by atomic mass is 10.0. The van der Waals surface area contributed by atoms with Crippen LogP contribution in [0.2, 0.25) is 0 Å². The molecular formula is C23H26N4O4. The van der Waals surface area contributed by atoms with E-state index in [-0.39, 0.29) is 24.5 Å². The van der Waals surface area contributed by atoms with Crippen molar-refractivity contribution < 1.29 is 19.1 Å². The van der Waals surface area contributed by atoms with Crippen LogP contribution in [0.1, 0.15) is 17.5 Å². The van der Waals surface area contributed by atoms with Gasteiger partial charge in [-0.1, -0.05) is 12.1 Å². The Bertz CT molecular complexity index is 999. The van der Waals surface area contributed by atoms with Gasteiger partial charge in [0, 0.05) is 44.0 Å². The topological polar surface area (TPSA) is 91.0 Å². The fourth-order valence-electron chi connectivity index (χ4n) is 3.77. The Kier molecular flexibility index (Phi) is 6.06. The third-order valence-corrected chi connectivity index (χ3v) is 5.52. The summed E-state index contributed by atoms with van der Waals surface area (Å²) in [7, 11) is 0. The predicted octanol–water partition coefficient (Wildman–Crippen LogP) is 2.63. The first-order valence-corrected chi connectivity index (χ1v) is 10.4. The lowest BCUT2D eigenvalue weighted by Gasteiger charge is -2.34. The van der Waals surface area contributed by atoms with E-state index in [2.05, 4.69) is 10.6 Å². The molecule has 2 aromatic rings. The van der Waals surface area contributed by atoms with Crippen LogP contribution in [-0.2, 0) is 16.0 Å². The van der Waals surface area contributed by atoms with E-state index in [1.807, 2.05) is 37.3 Å². The van der Waals surface area contributed by atoms with Gasteiger partial charge < -0.3 is 25.2 Å². The number of nitrogens with zero attached hydrogens (tertiary/aromatic N) is 2. The van der Waals surface area contributed by atoms with Gasteiger partial charge in [-0.05, 0) is 54.8 Å². The zero-order chi connectivity index (χ0) is 21.8. The standard InChI is InChI=1S/C23H26N4O4/c1-16-3-2-4-18(13-16)24-23(30)27-11-9-26(10-12-27)22(29)15-31-19-6-7-20-17(14-19)5-8-21(28)25-20/h2-4,6-7,13-14H,5,8-12,15H2,1H3,(H,24,30)(H,25,28). The number of piperazine rings is 1. The molecule has 0 unspecified atom stereocenters. The van der Waals surface area contributed by atoms with Gasteiger partial charge in [-0.25, -0.2) is 4.79 Å². The maximum atomic E-state index is 12.5. The van der Waals surface area contributed by atoms with Crippen molar-refractivity contribution in [3.8, 4) is 5.75 Å². The maximum absolute atomic E-state index is 12.5. The Morgan fingerprint density at radius 3 is 2.58 bits per heavy atom. The molecule has 0 spiro atoms. The monoisotopic (exact) mass is 422 g/mol. The highest BCUT2D eigenvalue weighted by molar-refractivity contribution is 5.94. The number of rotatable bonds is 4. The van der Waals surface area contributed by atoms with Crippen molar-refractivity contribution in [3.05, 3.63) is 53.6 Å². The molecule has 2 aromatic carbocycles. The van der Waals surface area contributed by atoms with Crippen LogP contribution in [0.5, 0.6) is 5.75 Å². The number of carbonyl (C=O) groups is 3. The fraction of sp³-hybridized carbons (Fsp3) is 0.348. The third kappa shape index (κ3) is 5.14. The van der Waals surface area contributed by atoms with Crippen LogP contribution in [0.3, 0.4) is 0 Å². The van der Waals surface area contributed by atoms with E-state index in [9.17, 15) is 14.4 Å². The molecule has 2 aliphatic rings. The molecule has 4 rings (SSSR count). The average molecular weight is 422 g/mol. The summed E-state index contributed by atoms with van der Waals surface area (Å²) in [6, 6.07) is 12.9. The summed E-state index contributed by atoms with van der Waals surface area (Å²) in [5.41, 5.74) is 3.66. The van der Waals surface area contributed by atoms with Gasteiger partial charge in [-0.2, -0.15) is 0 Å². The average Bonchev–Trinajstić information content (AvgIpc) is 2.77. The summed E-state index contributed by atoms with van der Waals surface area (Å²) in [6.07, 6.45) is 1.12. The van der Waals surface area contributed by atoms with Crippen molar-refractivity contribution in [3.63, 3.8) is 0 Å². The molecular weight excluding hydrogens is 396 g/mol. The lowest BCUT2D eigenvalue weighted by molar-refractivity contribution is -0.134. The van der Waals surface area contributed by atoms with Crippen molar-refractivity contribution in [1.82, 2.24) is 9.80 Å². The molecule has 2 N–H and O–H groups in total. The fourth-order valence-corrected chi connectivity index (χ4v) is 3.77. The number of benzene rings is 2. The number of fused-ring (bicyclic) bond motifs is 1. The number of aryl methyl sites for hydroxylation is 2. The van der Waals surface area contributed by atoms with E-state index in [0.29, 0.717) is 44.8 Å². The summed E-state index contributed by atoms with van der Waals surface area (Å²) in [5, 5.41) is 5.73. The van der Waals surface area contributed by atoms with E-state index >= 15 is 0 Å². The molecule has 2 heterocycles. The van der Waals surface area contributed by atoms with Gasteiger partial charge in [-0.15, -0.1) is 0 Å².